The molecule has 1 atom stereocenters. The van der Waals surface area contributed by atoms with Gasteiger partial charge in [-0.05, 0) is 25.8 Å². The van der Waals surface area contributed by atoms with Crippen LogP contribution in [0, 0.1) is 25.7 Å². The molecule has 7 nitrogen and oxygen atoms in total. The largest absolute Gasteiger partial charge is 0.354 e. The van der Waals surface area contributed by atoms with Crippen LogP contribution in [0.3, 0.4) is 0 Å². The molecular formula is C17H26N4O3. The topological polar surface area (TPSA) is 84.3 Å². The fourth-order valence-electron chi connectivity index (χ4n) is 3.05. The van der Waals surface area contributed by atoms with Crippen molar-refractivity contribution in [1.82, 2.24) is 19.8 Å². The van der Waals surface area contributed by atoms with E-state index in [0.717, 1.165) is 5.69 Å². The van der Waals surface area contributed by atoms with Crippen LogP contribution < -0.4 is 11.0 Å². The molecule has 1 aliphatic heterocycles. The van der Waals surface area contributed by atoms with Crippen LogP contribution in [0.25, 0.3) is 0 Å². The van der Waals surface area contributed by atoms with Crippen molar-refractivity contribution in [3.05, 3.63) is 27.9 Å². The third kappa shape index (κ3) is 4.43. The van der Waals surface area contributed by atoms with Gasteiger partial charge in [-0.3, -0.25) is 14.2 Å². The predicted molar refractivity (Wildman–Crippen MR) is 90.5 cm³/mol. The molecule has 132 valence electrons. The number of hydrogen-bond donors (Lipinski definition) is 1. The Labute approximate surface area is 142 Å². The molecule has 0 aromatic carbocycles. The summed E-state index contributed by atoms with van der Waals surface area (Å²) in [4.78, 5) is 41.7. The van der Waals surface area contributed by atoms with E-state index in [1.807, 2.05) is 13.0 Å². The van der Waals surface area contributed by atoms with Gasteiger partial charge in [-0.2, -0.15) is 4.98 Å². The van der Waals surface area contributed by atoms with Crippen LogP contribution in [0.15, 0.2) is 10.9 Å². The highest BCUT2D eigenvalue weighted by Gasteiger charge is 2.34. The van der Waals surface area contributed by atoms with Gasteiger partial charge in [-0.1, -0.05) is 13.8 Å². The van der Waals surface area contributed by atoms with Gasteiger partial charge in [0.15, 0.2) is 0 Å². The van der Waals surface area contributed by atoms with Crippen molar-refractivity contribution in [3.63, 3.8) is 0 Å². The SMILES string of the molecule is Cc1cc(C)n(CCNC(=O)[C@@H]2CC(=O)N(CC(C)C)C2)c(=O)n1. The third-order valence-electron chi connectivity index (χ3n) is 4.15. The van der Waals surface area contributed by atoms with Gasteiger partial charge in [0.1, 0.15) is 0 Å². The zero-order valence-corrected chi connectivity index (χ0v) is 14.8. The number of carbonyl (C=O) groups is 2. The van der Waals surface area contributed by atoms with Crippen molar-refractivity contribution in [2.24, 2.45) is 11.8 Å². The molecule has 2 amide bonds. The number of hydrogen-bond acceptors (Lipinski definition) is 4. The molecule has 1 N–H and O–H groups in total. The number of aryl methyl sites for hydroxylation is 2. The van der Waals surface area contributed by atoms with Crippen molar-refractivity contribution >= 4 is 11.8 Å². The average molecular weight is 334 g/mol. The maximum atomic E-state index is 12.2. The van der Waals surface area contributed by atoms with Crippen molar-refractivity contribution < 1.29 is 9.59 Å². The van der Waals surface area contributed by atoms with Gasteiger partial charge in [0.2, 0.25) is 11.8 Å². The lowest BCUT2D eigenvalue weighted by Crippen LogP contribution is -2.37. The van der Waals surface area contributed by atoms with E-state index >= 15 is 0 Å². The molecule has 0 saturated carbocycles. The number of nitrogens with zero attached hydrogens (tertiary/aromatic N) is 3. The second kappa shape index (κ2) is 7.59. The van der Waals surface area contributed by atoms with Gasteiger partial charge >= 0.3 is 5.69 Å². The van der Waals surface area contributed by atoms with Crippen molar-refractivity contribution in [1.29, 1.82) is 0 Å². The molecule has 24 heavy (non-hydrogen) atoms. The highest BCUT2D eigenvalue weighted by Crippen LogP contribution is 2.19. The van der Waals surface area contributed by atoms with E-state index in [1.54, 1.807) is 11.8 Å². The normalized spacial score (nSPS) is 17.6. The Kier molecular flexibility index (Phi) is 5.75. The summed E-state index contributed by atoms with van der Waals surface area (Å²) >= 11 is 0. The highest BCUT2D eigenvalue weighted by atomic mass is 16.2. The standard InChI is InChI=1S/C17H26N4O3/c1-11(2)9-20-10-14(8-15(20)22)16(23)18-5-6-21-13(4)7-12(3)19-17(21)24/h7,11,14H,5-6,8-10H2,1-4H3,(H,18,23)/t14-/m1/s1. The molecule has 7 heteroatoms. The quantitative estimate of drug-likeness (QED) is 0.820. The van der Waals surface area contributed by atoms with Crippen molar-refractivity contribution in [2.75, 3.05) is 19.6 Å². The van der Waals surface area contributed by atoms with E-state index in [4.69, 9.17) is 0 Å². The highest BCUT2D eigenvalue weighted by molar-refractivity contribution is 5.89. The van der Waals surface area contributed by atoms with Gasteiger partial charge in [-0.15, -0.1) is 0 Å². The Balaban J connectivity index is 1.86. The van der Waals surface area contributed by atoms with E-state index < -0.39 is 0 Å². The molecule has 1 aromatic heterocycles. The first kappa shape index (κ1) is 18.2. The summed E-state index contributed by atoms with van der Waals surface area (Å²) in [6, 6.07) is 1.84. The number of amides is 2. The monoisotopic (exact) mass is 334 g/mol. The Bertz CT molecular complexity index is 681. The summed E-state index contributed by atoms with van der Waals surface area (Å²) in [5, 5.41) is 2.83. The first-order valence-corrected chi connectivity index (χ1v) is 8.38. The summed E-state index contributed by atoms with van der Waals surface area (Å²) in [5.41, 5.74) is 1.20. The zero-order valence-electron chi connectivity index (χ0n) is 14.8. The van der Waals surface area contributed by atoms with E-state index in [9.17, 15) is 14.4 Å². The van der Waals surface area contributed by atoms with Crippen molar-refractivity contribution in [2.45, 2.75) is 40.7 Å². The molecule has 0 aliphatic carbocycles. The summed E-state index contributed by atoms with van der Waals surface area (Å²) in [5.74, 6) is 0.00360. The Morgan fingerprint density at radius 2 is 2.08 bits per heavy atom. The van der Waals surface area contributed by atoms with Gasteiger partial charge < -0.3 is 10.2 Å². The number of nitrogens with one attached hydrogen (secondary N) is 1. The number of rotatable bonds is 6. The van der Waals surface area contributed by atoms with E-state index in [2.05, 4.69) is 24.1 Å². The maximum absolute atomic E-state index is 12.2. The minimum absolute atomic E-state index is 0.0404. The summed E-state index contributed by atoms with van der Waals surface area (Å²) in [7, 11) is 0. The van der Waals surface area contributed by atoms with Crippen LogP contribution in [0.4, 0.5) is 0 Å². The van der Waals surface area contributed by atoms with Crippen LogP contribution in [0.5, 0.6) is 0 Å². The molecule has 0 spiro atoms. The van der Waals surface area contributed by atoms with Crippen LogP contribution in [-0.2, 0) is 16.1 Å². The second-order valence-electron chi connectivity index (χ2n) is 6.86. The lowest BCUT2D eigenvalue weighted by atomic mass is 10.1. The van der Waals surface area contributed by atoms with Crippen LogP contribution in [-0.4, -0.2) is 45.9 Å². The first-order valence-electron chi connectivity index (χ1n) is 8.38. The van der Waals surface area contributed by atoms with Gasteiger partial charge in [0.25, 0.3) is 0 Å². The summed E-state index contributed by atoms with van der Waals surface area (Å²) in [6.45, 7) is 9.62. The number of carbonyl (C=O) groups excluding carboxylic acids is 2. The van der Waals surface area contributed by atoms with Crippen LogP contribution >= 0.6 is 0 Å². The predicted octanol–water partition coefficient (Wildman–Crippen LogP) is 0.481. The Morgan fingerprint density at radius 1 is 1.38 bits per heavy atom. The van der Waals surface area contributed by atoms with Crippen LogP contribution in [0.1, 0.15) is 31.7 Å². The smallest absolute Gasteiger partial charge is 0.348 e. The van der Waals surface area contributed by atoms with E-state index in [-0.39, 0.29) is 29.8 Å². The van der Waals surface area contributed by atoms with Gasteiger partial charge in [0, 0.05) is 44.0 Å². The second-order valence-corrected chi connectivity index (χ2v) is 6.86. The van der Waals surface area contributed by atoms with E-state index in [0.29, 0.717) is 37.8 Å². The average Bonchev–Trinajstić information content (AvgIpc) is 2.82. The maximum Gasteiger partial charge on any atom is 0.348 e. The number of aromatic nitrogens is 2. The Hall–Kier alpha value is -2.18. The lowest BCUT2D eigenvalue weighted by Gasteiger charge is -2.18. The lowest BCUT2D eigenvalue weighted by molar-refractivity contribution is -0.129. The molecule has 1 aromatic rings. The molecule has 1 fully saturated rings. The molecule has 0 unspecified atom stereocenters. The summed E-state index contributed by atoms with van der Waals surface area (Å²) < 4.78 is 1.54. The zero-order chi connectivity index (χ0) is 17.9. The molecule has 0 radical (unpaired) electrons. The molecular weight excluding hydrogens is 308 g/mol. The molecule has 1 aliphatic rings. The van der Waals surface area contributed by atoms with Gasteiger partial charge in [-0.25, -0.2) is 4.79 Å². The van der Waals surface area contributed by atoms with Gasteiger partial charge in [0.05, 0.1) is 5.92 Å². The number of likely N-dealkylation sites (tertiary alicyclic amines) is 1. The van der Waals surface area contributed by atoms with E-state index in [1.165, 1.54) is 4.57 Å². The minimum Gasteiger partial charge on any atom is -0.354 e. The third-order valence-corrected chi connectivity index (χ3v) is 4.15. The minimum atomic E-state index is -0.305. The fraction of sp³-hybridized carbons (Fsp3) is 0.647. The van der Waals surface area contributed by atoms with Crippen molar-refractivity contribution in [3.8, 4) is 0 Å². The molecule has 2 heterocycles. The summed E-state index contributed by atoms with van der Waals surface area (Å²) in [6.07, 6.45) is 0.267. The molecule has 1 saturated heterocycles. The molecule has 0 bridgehead atoms. The molecule has 2 rings (SSSR count). The fourth-order valence-corrected chi connectivity index (χ4v) is 3.05. The first-order chi connectivity index (χ1) is 11.3. The van der Waals surface area contributed by atoms with Crippen LogP contribution in [0.2, 0.25) is 0 Å². The Morgan fingerprint density at radius 3 is 2.71 bits per heavy atom.